The molecule has 0 bridgehead atoms. The van der Waals surface area contributed by atoms with Gasteiger partial charge in [0.05, 0.1) is 11.6 Å². The lowest BCUT2D eigenvalue weighted by molar-refractivity contribution is -0.130. The average Bonchev–Trinajstić information content (AvgIpc) is 2.46. The van der Waals surface area contributed by atoms with Crippen molar-refractivity contribution in [3.05, 3.63) is 0 Å². The molecular weight excluding hydrogens is 244 g/mol. The number of carbonyl (C=O) groups is 1. The van der Waals surface area contributed by atoms with E-state index in [1.807, 2.05) is 0 Å². The fourth-order valence-electron chi connectivity index (χ4n) is 2.95. The van der Waals surface area contributed by atoms with Crippen LogP contribution in [-0.2, 0) is 14.3 Å². The lowest BCUT2D eigenvalue weighted by Crippen LogP contribution is -2.57. The highest BCUT2D eigenvalue weighted by molar-refractivity contribution is 5.86. The molecule has 110 valence electrons. The van der Waals surface area contributed by atoms with Crippen LogP contribution in [-0.4, -0.2) is 44.4 Å². The number of carbonyl (C=O) groups excluding carboxylic acids is 1. The number of rotatable bonds is 4. The van der Waals surface area contributed by atoms with Gasteiger partial charge in [0.1, 0.15) is 0 Å². The monoisotopic (exact) mass is 270 g/mol. The van der Waals surface area contributed by atoms with Crippen LogP contribution in [0.25, 0.3) is 0 Å². The molecule has 0 spiro atoms. The van der Waals surface area contributed by atoms with Gasteiger partial charge < -0.3 is 20.5 Å². The smallest absolute Gasteiger partial charge is 0.240 e. The van der Waals surface area contributed by atoms with Crippen LogP contribution in [0, 0.1) is 5.92 Å². The predicted molar refractivity (Wildman–Crippen MR) is 72.7 cm³/mol. The van der Waals surface area contributed by atoms with Crippen molar-refractivity contribution in [2.24, 2.45) is 11.7 Å². The molecule has 0 aromatic carbocycles. The molecule has 1 heterocycles. The van der Waals surface area contributed by atoms with Gasteiger partial charge in [0.15, 0.2) is 0 Å². The zero-order chi connectivity index (χ0) is 13.7. The van der Waals surface area contributed by atoms with Crippen molar-refractivity contribution in [3.63, 3.8) is 0 Å². The van der Waals surface area contributed by atoms with Gasteiger partial charge in [-0.05, 0) is 44.4 Å². The molecule has 3 N–H and O–H groups in total. The molecule has 0 radical (unpaired) electrons. The second kappa shape index (κ2) is 6.68. The van der Waals surface area contributed by atoms with E-state index in [-0.39, 0.29) is 5.91 Å². The minimum atomic E-state index is -0.720. The summed E-state index contributed by atoms with van der Waals surface area (Å²) in [6.07, 6.45) is 6.09. The van der Waals surface area contributed by atoms with E-state index in [2.05, 4.69) is 5.32 Å². The lowest BCUT2D eigenvalue weighted by Gasteiger charge is -2.33. The van der Waals surface area contributed by atoms with Gasteiger partial charge in [-0.15, -0.1) is 0 Å². The van der Waals surface area contributed by atoms with E-state index < -0.39 is 5.54 Å². The highest BCUT2D eigenvalue weighted by Crippen LogP contribution is 2.25. The van der Waals surface area contributed by atoms with Crippen molar-refractivity contribution in [2.75, 3.05) is 26.9 Å². The Kier molecular flexibility index (Phi) is 5.19. The van der Waals surface area contributed by atoms with Crippen molar-refractivity contribution in [1.29, 1.82) is 0 Å². The Morgan fingerprint density at radius 3 is 2.53 bits per heavy atom. The highest BCUT2D eigenvalue weighted by atomic mass is 16.5. The third kappa shape index (κ3) is 3.91. The first-order valence-corrected chi connectivity index (χ1v) is 7.32. The summed E-state index contributed by atoms with van der Waals surface area (Å²) in [7, 11) is 1.77. The van der Waals surface area contributed by atoms with E-state index in [0.717, 1.165) is 32.2 Å². The molecule has 0 aromatic rings. The lowest BCUT2D eigenvalue weighted by atomic mass is 9.86. The number of nitrogens with one attached hydrogen (secondary N) is 1. The van der Waals surface area contributed by atoms with Gasteiger partial charge in [0.2, 0.25) is 5.91 Å². The van der Waals surface area contributed by atoms with Crippen molar-refractivity contribution >= 4 is 5.91 Å². The van der Waals surface area contributed by atoms with E-state index in [1.165, 1.54) is 0 Å². The molecule has 5 heteroatoms. The molecule has 5 nitrogen and oxygen atoms in total. The van der Waals surface area contributed by atoms with Crippen LogP contribution >= 0.6 is 0 Å². The molecule has 0 unspecified atom stereocenters. The molecule has 1 saturated carbocycles. The molecule has 1 saturated heterocycles. The first-order chi connectivity index (χ1) is 9.14. The van der Waals surface area contributed by atoms with Crippen LogP contribution in [0.1, 0.15) is 38.5 Å². The second-order valence-electron chi connectivity index (χ2n) is 5.86. The van der Waals surface area contributed by atoms with E-state index >= 15 is 0 Å². The maximum Gasteiger partial charge on any atom is 0.240 e. The highest BCUT2D eigenvalue weighted by Gasteiger charge is 2.36. The van der Waals surface area contributed by atoms with Crippen LogP contribution < -0.4 is 11.1 Å². The second-order valence-corrected chi connectivity index (χ2v) is 5.86. The summed E-state index contributed by atoms with van der Waals surface area (Å²) < 4.78 is 10.6. The summed E-state index contributed by atoms with van der Waals surface area (Å²) >= 11 is 0. The molecule has 19 heavy (non-hydrogen) atoms. The van der Waals surface area contributed by atoms with Gasteiger partial charge in [-0.1, -0.05) is 0 Å². The minimum Gasteiger partial charge on any atom is -0.381 e. The van der Waals surface area contributed by atoms with E-state index in [0.29, 0.717) is 38.1 Å². The summed E-state index contributed by atoms with van der Waals surface area (Å²) in [6.45, 7) is 1.92. The predicted octanol–water partition coefficient (Wildman–Crippen LogP) is 0.816. The van der Waals surface area contributed by atoms with Gasteiger partial charge in [0, 0.05) is 26.9 Å². The van der Waals surface area contributed by atoms with Crippen molar-refractivity contribution in [3.8, 4) is 0 Å². The number of nitrogens with two attached hydrogens (primary N) is 1. The molecule has 0 aromatic heterocycles. The quantitative estimate of drug-likeness (QED) is 0.793. The van der Waals surface area contributed by atoms with Crippen LogP contribution in [0.2, 0.25) is 0 Å². The Bertz CT molecular complexity index is 295. The summed E-state index contributed by atoms with van der Waals surface area (Å²) in [5.41, 5.74) is 5.43. The van der Waals surface area contributed by atoms with Crippen LogP contribution in [0.5, 0.6) is 0 Å². The fourth-order valence-corrected chi connectivity index (χ4v) is 2.95. The topological polar surface area (TPSA) is 73.6 Å². The van der Waals surface area contributed by atoms with E-state index in [9.17, 15) is 4.79 Å². The van der Waals surface area contributed by atoms with Crippen molar-refractivity contribution in [2.45, 2.75) is 50.2 Å². The summed E-state index contributed by atoms with van der Waals surface area (Å²) in [5, 5.41) is 3.04. The standard InChI is InChI=1S/C14H26N2O3/c1-18-12-4-2-11(3-5-12)10-16-13(17)14(15)6-8-19-9-7-14/h11-12H,2-10,15H2,1H3,(H,16,17). The third-order valence-electron chi connectivity index (χ3n) is 4.52. The minimum absolute atomic E-state index is 0.00957. The Balaban J connectivity index is 1.71. The molecule has 2 fully saturated rings. The van der Waals surface area contributed by atoms with Crippen LogP contribution in [0.3, 0.4) is 0 Å². The number of hydrogen-bond donors (Lipinski definition) is 2. The van der Waals surface area contributed by atoms with Gasteiger partial charge >= 0.3 is 0 Å². The fraction of sp³-hybridized carbons (Fsp3) is 0.929. The normalized spacial score (nSPS) is 30.8. The maximum absolute atomic E-state index is 12.2. The molecule has 1 aliphatic heterocycles. The average molecular weight is 270 g/mol. The molecular formula is C14H26N2O3. The molecule has 2 aliphatic rings. The Hall–Kier alpha value is -0.650. The third-order valence-corrected chi connectivity index (χ3v) is 4.52. The zero-order valence-electron chi connectivity index (χ0n) is 11.8. The SMILES string of the molecule is COC1CCC(CNC(=O)C2(N)CCOCC2)CC1. The van der Waals surface area contributed by atoms with Gasteiger partial charge in [-0.25, -0.2) is 0 Å². The van der Waals surface area contributed by atoms with Crippen molar-refractivity contribution in [1.82, 2.24) is 5.32 Å². The summed E-state index contributed by atoms with van der Waals surface area (Å²) in [5.74, 6) is 0.559. The number of ether oxygens (including phenoxy) is 2. The van der Waals surface area contributed by atoms with Crippen molar-refractivity contribution < 1.29 is 14.3 Å². The number of amides is 1. The van der Waals surface area contributed by atoms with Crippen LogP contribution in [0.4, 0.5) is 0 Å². The summed E-state index contributed by atoms with van der Waals surface area (Å²) in [4.78, 5) is 12.2. The molecule has 1 amide bonds. The maximum atomic E-state index is 12.2. The number of methoxy groups -OCH3 is 1. The number of hydrogen-bond acceptors (Lipinski definition) is 4. The van der Waals surface area contributed by atoms with Gasteiger partial charge in [0.25, 0.3) is 0 Å². The van der Waals surface area contributed by atoms with E-state index in [1.54, 1.807) is 7.11 Å². The molecule has 0 atom stereocenters. The Labute approximate surface area is 115 Å². The first kappa shape index (κ1) is 14.8. The van der Waals surface area contributed by atoms with E-state index in [4.69, 9.17) is 15.2 Å². The van der Waals surface area contributed by atoms with Gasteiger partial charge in [-0.3, -0.25) is 4.79 Å². The Morgan fingerprint density at radius 1 is 1.32 bits per heavy atom. The Morgan fingerprint density at radius 2 is 1.95 bits per heavy atom. The largest absolute Gasteiger partial charge is 0.381 e. The summed E-state index contributed by atoms with van der Waals surface area (Å²) in [6, 6.07) is 0. The zero-order valence-corrected chi connectivity index (χ0v) is 11.8. The molecule has 2 rings (SSSR count). The first-order valence-electron chi connectivity index (χ1n) is 7.32. The van der Waals surface area contributed by atoms with Gasteiger partial charge in [-0.2, -0.15) is 0 Å². The van der Waals surface area contributed by atoms with Crippen LogP contribution in [0.15, 0.2) is 0 Å². The molecule has 1 aliphatic carbocycles.